The number of benzene rings is 1. The maximum absolute atomic E-state index is 5.85. The number of hydrogen-bond donors (Lipinski definition) is 2. The van der Waals surface area contributed by atoms with Gasteiger partial charge in [0, 0.05) is 6.54 Å². The summed E-state index contributed by atoms with van der Waals surface area (Å²) >= 11 is 0. The lowest BCUT2D eigenvalue weighted by molar-refractivity contribution is 0.414. The first-order chi connectivity index (χ1) is 9.65. The summed E-state index contributed by atoms with van der Waals surface area (Å²) in [5, 5.41) is 3.15. The first kappa shape index (κ1) is 20.0. The molecular weight excluding hydrogens is 377 g/mol. The van der Waals surface area contributed by atoms with Crippen molar-refractivity contribution >= 4 is 29.9 Å². The number of nitrogens with two attached hydrogens (primary N) is 1. The van der Waals surface area contributed by atoms with Crippen LogP contribution in [-0.4, -0.2) is 19.6 Å². The fraction of sp³-hybridized carbons (Fsp3) is 0.562. The maximum Gasteiger partial charge on any atom is 0.188 e. The minimum atomic E-state index is 0. The van der Waals surface area contributed by atoms with Gasteiger partial charge in [-0.1, -0.05) is 32.3 Å². The number of hydrogen-bond acceptors (Lipinski definition) is 2. The molecule has 0 radical (unpaired) electrons. The Balaban J connectivity index is 0.00000400. The predicted molar refractivity (Wildman–Crippen MR) is 101 cm³/mol. The largest absolute Gasteiger partial charge is 0.497 e. The molecule has 0 saturated heterocycles. The Morgan fingerprint density at radius 2 is 2.00 bits per heavy atom. The van der Waals surface area contributed by atoms with Crippen molar-refractivity contribution in [2.24, 2.45) is 10.7 Å². The number of nitrogens with zero attached hydrogens (tertiary/aromatic N) is 1. The van der Waals surface area contributed by atoms with E-state index in [1.165, 1.54) is 24.8 Å². The van der Waals surface area contributed by atoms with Crippen molar-refractivity contribution in [1.29, 1.82) is 0 Å². The van der Waals surface area contributed by atoms with Gasteiger partial charge >= 0.3 is 0 Å². The zero-order chi connectivity index (χ0) is 14.8. The SMILES string of the molecule is CCCCCCNC(N)=NCc1cc(C)cc(OC)c1.I. The molecule has 0 amide bonds. The second-order valence-electron chi connectivity index (χ2n) is 5.05. The van der Waals surface area contributed by atoms with Gasteiger partial charge in [-0.25, -0.2) is 4.99 Å². The second-order valence-corrected chi connectivity index (χ2v) is 5.05. The van der Waals surface area contributed by atoms with E-state index in [9.17, 15) is 0 Å². The van der Waals surface area contributed by atoms with Crippen molar-refractivity contribution < 1.29 is 4.74 Å². The molecule has 0 unspecified atom stereocenters. The number of methoxy groups -OCH3 is 1. The van der Waals surface area contributed by atoms with Crippen LogP contribution in [0.15, 0.2) is 23.2 Å². The van der Waals surface area contributed by atoms with Crippen molar-refractivity contribution in [3.63, 3.8) is 0 Å². The molecule has 0 saturated carbocycles. The minimum absolute atomic E-state index is 0. The van der Waals surface area contributed by atoms with Crippen LogP contribution in [-0.2, 0) is 6.54 Å². The Morgan fingerprint density at radius 3 is 2.67 bits per heavy atom. The Hall–Kier alpha value is -0.980. The zero-order valence-electron chi connectivity index (χ0n) is 13.3. The van der Waals surface area contributed by atoms with Gasteiger partial charge in [0.15, 0.2) is 5.96 Å². The highest BCUT2D eigenvalue weighted by atomic mass is 127. The highest BCUT2D eigenvalue weighted by Crippen LogP contribution is 2.16. The number of nitrogens with one attached hydrogen (secondary N) is 1. The Morgan fingerprint density at radius 1 is 1.24 bits per heavy atom. The molecule has 21 heavy (non-hydrogen) atoms. The number of aryl methyl sites for hydroxylation is 1. The average molecular weight is 405 g/mol. The van der Waals surface area contributed by atoms with Crippen molar-refractivity contribution in [1.82, 2.24) is 5.32 Å². The van der Waals surface area contributed by atoms with Crippen LogP contribution in [0.2, 0.25) is 0 Å². The van der Waals surface area contributed by atoms with E-state index >= 15 is 0 Å². The van der Waals surface area contributed by atoms with Gasteiger partial charge in [-0.05, 0) is 36.6 Å². The van der Waals surface area contributed by atoms with Crippen LogP contribution < -0.4 is 15.8 Å². The summed E-state index contributed by atoms with van der Waals surface area (Å²) in [5.41, 5.74) is 8.13. The summed E-state index contributed by atoms with van der Waals surface area (Å²) in [7, 11) is 1.67. The summed E-state index contributed by atoms with van der Waals surface area (Å²) in [5.74, 6) is 1.38. The van der Waals surface area contributed by atoms with Crippen molar-refractivity contribution in [3.8, 4) is 5.75 Å². The van der Waals surface area contributed by atoms with Crippen LogP contribution in [0.3, 0.4) is 0 Å². The molecule has 0 aliphatic rings. The highest BCUT2D eigenvalue weighted by Gasteiger charge is 1.99. The normalized spacial score (nSPS) is 10.9. The third kappa shape index (κ3) is 8.80. The molecule has 0 bridgehead atoms. The lowest BCUT2D eigenvalue weighted by atomic mass is 10.1. The van der Waals surface area contributed by atoms with E-state index in [-0.39, 0.29) is 24.0 Å². The maximum atomic E-state index is 5.85. The number of unbranched alkanes of at least 4 members (excludes halogenated alkanes) is 3. The molecule has 0 aliphatic heterocycles. The molecule has 1 rings (SSSR count). The van der Waals surface area contributed by atoms with Gasteiger partial charge in [0.1, 0.15) is 5.75 Å². The van der Waals surface area contributed by atoms with Crippen molar-refractivity contribution in [3.05, 3.63) is 29.3 Å². The summed E-state index contributed by atoms with van der Waals surface area (Å²) < 4.78 is 5.25. The monoisotopic (exact) mass is 405 g/mol. The molecule has 0 atom stereocenters. The van der Waals surface area contributed by atoms with Crippen molar-refractivity contribution in [2.75, 3.05) is 13.7 Å². The lowest BCUT2D eigenvalue weighted by Crippen LogP contribution is -2.32. The van der Waals surface area contributed by atoms with Gasteiger partial charge < -0.3 is 15.8 Å². The molecule has 4 nitrogen and oxygen atoms in total. The summed E-state index contributed by atoms with van der Waals surface area (Å²) in [6.45, 7) is 5.72. The summed E-state index contributed by atoms with van der Waals surface area (Å²) in [6.07, 6.45) is 4.91. The molecular formula is C16H28IN3O. The van der Waals surface area contributed by atoms with Crippen LogP contribution in [0.1, 0.15) is 43.7 Å². The highest BCUT2D eigenvalue weighted by molar-refractivity contribution is 14.0. The van der Waals surface area contributed by atoms with E-state index in [2.05, 4.69) is 23.3 Å². The first-order valence-corrected chi connectivity index (χ1v) is 7.34. The van der Waals surface area contributed by atoms with E-state index < -0.39 is 0 Å². The molecule has 0 aromatic heterocycles. The van der Waals surface area contributed by atoms with Gasteiger partial charge in [0.2, 0.25) is 0 Å². The smallest absolute Gasteiger partial charge is 0.188 e. The molecule has 0 heterocycles. The van der Waals surface area contributed by atoms with Crippen LogP contribution in [0.4, 0.5) is 0 Å². The topological polar surface area (TPSA) is 59.6 Å². The van der Waals surface area contributed by atoms with E-state index in [4.69, 9.17) is 10.5 Å². The fourth-order valence-corrected chi connectivity index (χ4v) is 2.03. The number of halogens is 1. The minimum Gasteiger partial charge on any atom is -0.497 e. The van der Waals surface area contributed by atoms with Crippen LogP contribution in [0.5, 0.6) is 5.75 Å². The van der Waals surface area contributed by atoms with Crippen LogP contribution >= 0.6 is 24.0 Å². The molecule has 0 spiro atoms. The predicted octanol–water partition coefficient (Wildman–Crippen LogP) is 3.61. The Kier molecular flexibility index (Phi) is 11.1. The molecule has 0 aliphatic carbocycles. The number of rotatable bonds is 8. The van der Waals surface area contributed by atoms with Crippen molar-refractivity contribution in [2.45, 2.75) is 46.1 Å². The van der Waals surface area contributed by atoms with E-state index in [1.807, 2.05) is 19.1 Å². The number of guanidine groups is 1. The average Bonchev–Trinajstić information content (AvgIpc) is 2.44. The Bertz CT molecular complexity index is 436. The van der Waals surface area contributed by atoms with Gasteiger partial charge in [0.25, 0.3) is 0 Å². The molecule has 1 aromatic carbocycles. The van der Waals surface area contributed by atoms with Gasteiger partial charge in [-0.2, -0.15) is 0 Å². The summed E-state index contributed by atoms with van der Waals surface area (Å²) in [6, 6.07) is 6.09. The van der Waals surface area contributed by atoms with Gasteiger partial charge in [-0.15, -0.1) is 24.0 Å². The Labute approximate surface area is 145 Å². The number of ether oxygens (including phenoxy) is 1. The second kappa shape index (κ2) is 11.7. The zero-order valence-corrected chi connectivity index (χ0v) is 15.6. The standard InChI is InChI=1S/C16H27N3O.HI/c1-4-5-6-7-8-18-16(17)19-12-14-9-13(2)10-15(11-14)20-3;/h9-11H,4-8,12H2,1-3H3,(H3,17,18,19);1H. The lowest BCUT2D eigenvalue weighted by Gasteiger charge is -2.07. The summed E-state index contributed by atoms with van der Waals surface area (Å²) in [4.78, 5) is 4.36. The molecule has 0 fully saturated rings. The third-order valence-electron chi connectivity index (χ3n) is 3.11. The molecule has 3 N–H and O–H groups in total. The van der Waals surface area contributed by atoms with Crippen LogP contribution in [0.25, 0.3) is 0 Å². The quantitative estimate of drug-likeness (QED) is 0.301. The van der Waals surface area contributed by atoms with Gasteiger partial charge in [-0.3, -0.25) is 0 Å². The number of aliphatic imine (C=N–C) groups is 1. The van der Waals surface area contributed by atoms with E-state index in [1.54, 1.807) is 7.11 Å². The molecule has 5 heteroatoms. The third-order valence-corrected chi connectivity index (χ3v) is 3.11. The van der Waals surface area contributed by atoms with Crippen LogP contribution in [0, 0.1) is 6.92 Å². The first-order valence-electron chi connectivity index (χ1n) is 7.34. The van der Waals surface area contributed by atoms with Gasteiger partial charge in [0.05, 0.1) is 13.7 Å². The van der Waals surface area contributed by atoms with E-state index in [0.717, 1.165) is 24.3 Å². The molecule has 120 valence electrons. The molecule has 1 aromatic rings. The van der Waals surface area contributed by atoms with E-state index in [0.29, 0.717) is 12.5 Å². The fourth-order valence-electron chi connectivity index (χ4n) is 2.03.